The van der Waals surface area contributed by atoms with Crippen LogP contribution in [0.4, 0.5) is 5.69 Å². The number of nitrogens with zero attached hydrogens (tertiary/aromatic N) is 1. The van der Waals surface area contributed by atoms with Crippen LogP contribution in [0.2, 0.25) is 0 Å². The first kappa shape index (κ1) is 16.6. The highest BCUT2D eigenvalue weighted by molar-refractivity contribution is 6.09. The van der Waals surface area contributed by atoms with Crippen molar-refractivity contribution in [2.45, 2.75) is 32.7 Å². The van der Waals surface area contributed by atoms with Crippen LogP contribution in [-0.4, -0.2) is 23.1 Å². The summed E-state index contributed by atoms with van der Waals surface area (Å²) in [6, 6.07) is 14.1. The highest BCUT2D eigenvalue weighted by Gasteiger charge is 2.27. The Kier molecular flexibility index (Phi) is 4.37. The highest BCUT2D eigenvalue weighted by atomic mass is 16.5. The third kappa shape index (κ3) is 2.94. The van der Waals surface area contributed by atoms with Gasteiger partial charge in [-0.2, -0.15) is 0 Å². The number of rotatable bonds is 5. The number of hydrogen-bond acceptors (Lipinski definition) is 3. The number of carbonyl (C=O) groups excluding carboxylic acids is 2. The van der Waals surface area contributed by atoms with Gasteiger partial charge in [0.25, 0.3) is 5.91 Å². The molecule has 1 fully saturated rings. The predicted molar refractivity (Wildman–Crippen MR) is 102 cm³/mol. The van der Waals surface area contributed by atoms with Crippen LogP contribution in [0.15, 0.2) is 42.5 Å². The van der Waals surface area contributed by atoms with Gasteiger partial charge in [0.15, 0.2) is 6.61 Å². The highest BCUT2D eigenvalue weighted by Crippen LogP contribution is 2.31. The largest absolute Gasteiger partial charge is 0.455 e. The van der Waals surface area contributed by atoms with Crippen molar-refractivity contribution in [3.63, 3.8) is 0 Å². The van der Waals surface area contributed by atoms with Gasteiger partial charge < -0.3 is 14.6 Å². The minimum absolute atomic E-state index is 0.0145. The molecule has 1 saturated carbocycles. The molecule has 1 aromatic heterocycles. The van der Waals surface area contributed by atoms with Crippen LogP contribution in [0.25, 0.3) is 21.8 Å². The van der Waals surface area contributed by atoms with Crippen LogP contribution in [0.5, 0.6) is 0 Å². The fourth-order valence-electron chi connectivity index (χ4n) is 3.57. The molecule has 5 heteroatoms. The minimum atomic E-state index is -0.309. The Hall–Kier alpha value is -2.82. The molecular weight excluding hydrogens is 328 g/mol. The molecule has 0 radical (unpaired) electrons. The van der Waals surface area contributed by atoms with Gasteiger partial charge in [0.05, 0.1) is 5.92 Å². The van der Waals surface area contributed by atoms with E-state index < -0.39 is 0 Å². The van der Waals surface area contributed by atoms with E-state index in [1.165, 1.54) is 5.52 Å². The van der Waals surface area contributed by atoms with Gasteiger partial charge in [-0.25, -0.2) is 0 Å². The monoisotopic (exact) mass is 350 g/mol. The number of aryl methyl sites for hydroxylation is 1. The molecule has 0 aliphatic heterocycles. The van der Waals surface area contributed by atoms with Crippen LogP contribution in [0.1, 0.15) is 26.2 Å². The number of hydrogen-bond donors (Lipinski definition) is 1. The van der Waals surface area contributed by atoms with E-state index in [4.69, 9.17) is 4.74 Å². The molecule has 2 aromatic carbocycles. The van der Waals surface area contributed by atoms with Gasteiger partial charge in [-0.1, -0.05) is 24.6 Å². The van der Waals surface area contributed by atoms with Crippen molar-refractivity contribution < 1.29 is 14.3 Å². The van der Waals surface area contributed by atoms with Gasteiger partial charge in [-0.15, -0.1) is 0 Å². The zero-order valence-electron chi connectivity index (χ0n) is 14.8. The quantitative estimate of drug-likeness (QED) is 0.705. The summed E-state index contributed by atoms with van der Waals surface area (Å²) in [5.41, 5.74) is 3.03. The lowest BCUT2D eigenvalue weighted by molar-refractivity contribution is -0.154. The first-order valence-corrected chi connectivity index (χ1v) is 9.15. The van der Waals surface area contributed by atoms with Gasteiger partial charge in [0.2, 0.25) is 0 Å². The molecule has 4 rings (SSSR count). The molecule has 0 bridgehead atoms. The number of ether oxygens (including phenoxy) is 1. The van der Waals surface area contributed by atoms with Gasteiger partial charge in [0, 0.05) is 34.0 Å². The van der Waals surface area contributed by atoms with Crippen molar-refractivity contribution in [2.75, 3.05) is 11.9 Å². The summed E-state index contributed by atoms with van der Waals surface area (Å²) < 4.78 is 7.36. The van der Waals surface area contributed by atoms with Crippen LogP contribution >= 0.6 is 0 Å². The average Bonchev–Trinajstić information content (AvgIpc) is 2.92. The Labute approximate surface area is 151 Å². The Balaban J connectivity index is 1.52. The van der Waals surface area contributed by atoms with E-state index in [0.29, 0.717) is 5.69 Å². The summed E-state index contributed by atoms with van der Waals surface area (Å²) in [4.78, 5) is 23.8. The fraction of sp³-hybridized carbons (Fsp3) is 0.333. The van der Waals surface area contributed by atoms with E-state index in [-0.39, 0.29) is 24.4 Å². The molecular formula is C21H22N2O3. The number of carbonyl (C=O) groups is 2. The molecule has 0 atom stereocenters. The van der Waals surface area contributed by atoms with Crippen LogP contribution in [0.3, 0.4) is 0 Å². The summed E-state index contributed by atoms with van der Waals surface area (Å²) in [5, 5.41) is 5.10. The smallest absolute Gasteiger partial charge is 0.309 e. The number of anilines is 1. The fourth-order valence-corrected chi connectivity index (χ4v) is 3.57. The maximum Gasteiger partial charge on any atom is 0.309 e. The van der Waals surface area contributed by atoms with Crippen LogP contribution in [0, 0.1) is 5.92 Å². The summed E-state index contributed by atoms with van der Waals surface area (Å²) in [5.74, 6) is -0.580. The molecule has 0 saturated heterocycles. The van der Waals surface area contributed by atoms with Gasteiger partial charge >= 0.3 is 5.97 Å². The molecule has 3 aromatic rings. The van der Waals surface area contributed by atoms with E-state index in [0.717, 1.165) is 42.1 Å². The summed E-state index contributed by atoms with van der Waals surface area (Å²) >= 11 is 0. The van der Waals surface area contributed by atoms with E-state index in [1.807, 2.05) is 30.3 Å². The molecule has 1 aliphatic rings. The number of para-hydroxylation sites is 1. The Morgan fingerprint density at radius 1 is 1.12 bits per heavy atom. The van der Waals surface area contributed by atoms with Gasteiger partial charge in [-0.05, 0) is 44.0 Å². The molecule has 26 heavy (non-hydrogen) atoms. The van der Waals surface area contributed by atoms with Crippen molar-refractivity contribution >= 4 is 39.4 Å². The number of benzene rings is 2. The Morgan fingerprint density at radius 2 is 1.88 bits per heavy atom. The van der Waals surface area contributed by atoms with E-state index in [9.17, 15) is 9.59 Å². The minimum Gasteiger partial charge on any atom is -0.455 e. The number of amides is 1. The zero-order valence-corrected chi connectivity index (χ0v) is 14.8. The summed E-state index contributed by atoms with van der Waals surface area (Å²) in [6.45, 7) is 2.77. The standard InChI is InChI=1S/C21H22N2O3/c1-2-23-18-9-4-3-8-16(18)17-12-15(10-11-19(17)23)22-20(24)13-26-21(25)14-6-5-7-14/h3-4,8-12,14H,2,5-7,13H2,1H3,(H,22,24). The lowest BCUT2D eigenvalue weighted by Gasteiger charge is -2.22. The van der Waals surface area contributed by atoms with E-state index in [2.05, 4.69) is 28.9 Å². The molecule has 1 N–H and O–H groups in total. The SMILES string of the molecule is CCn1c2ccccc2c2cc(NC(=O)COC(=O)C3CCC3)ccc21. The molecule has 0 spiro atoms. The average molecular weight is 350 g/mol. The Bertz CT molecular complexity index is 985. The second-order valence-electron chi connectivity index (χ2n) is 6.78. The Morgan fingerprint density at radius 3 is 2.62 bits per heavy atom. The first-order valence-electron chi connectivity index (χ1n) is 9.15. The van der Waals surface area contributed by atoms with Gasteiger partial charge in [0.1, 0.15) is 0 Å². The lowest BCUT2D eigenvalue weighted by atomic mass is 9.86. The summed E-state index contributed by atoms with van der Waals surface area (Å²) in [7, 11) is 0. The summed E-state index contributed by atoms with van der Waals surface area (Å²) in [6.07, 6.45) is 2.81. The predicted octanol–water partition coefficient (Wildman–Crippen LogP) is 4.10. The topological polar surface area (TPSA) is 60.3 Å². The number of fused-ring (bicyclic) bond motifs is 3. The molecule has 134 valence electrons. The zero-order chi connectivity index (χ0) is 18.1. The van der Waals surface area contributed by atoms with Crippen LogP contribution < -0.4 is 5.32 Å². The third-order valence-electron chi connectivity index (χ3n) is 5.16. The third-order valence-corrected chi connectivity index (χ3v) is 5.16. The maximum atomic E-state index is 12.1. The number of nitrogens with one attached hydrogen (secondary N) is 1. The molecule has 1 heterocycles. The normalized spacial score (nSPS) is 14.3. The number of esters is 1. The van der Waals surface area contributed by atoms with Crippen molar-refractivity contribution in [3.05, 3.63) is 42.5 Å². The second-order valence-corrected chi connectivity index (χ2v) is 6.78. The molecule has 1 amide bonds. The van der Waals surface area contributed by atoms with Crippen molar-refractivity contribution in [1.82, 2.24) is 4.57 Å². The van der Waals surface area contributed by atoms with Crippen LogP contribution in [-0.2, 0) is 20.9 Å². The first-order chi connectivity index (χ1) is 12.7. The molecule has 1 aliphatic carbocycles. The second kappa shape index (κ2) is 6.83. The molecule has 0 unspecified atom stereocenters. The van der Waals surface area contributed by atoms with E-state index in [1.54, 1.807) is 0 Å². The molecule has 5 nitrogen and oxygen atoms in total. The van der Waals surface area contributed by atoms with E-state index >= 15 is 0 Å². The van der Waals surface area contributed by atoms with Crippen molar-refractivity contribution in [1.29, 1.82) is 0 Å². The maximum absolute atomic E-state index is 12.1. The van der Waals surface area contributed by atoms with Crippen molar-refractivity contribution in [2.24, 2.45) is 5.92 Å². The lowest BCUT2D eigenvalue weighted by Crippen LogP contribution is -2.28. The number of aromatic nitrogens is 1. The van der Waals surface area contributed by atoms with Gasteiger partial charge in [-0.3, -0.25) is 9.59 Å². The van der Waals surface area contributed by atoms with Crippen molar-refractivity contribution in [3.8, 4) is 0 Å².